The first-order valence-corrected chi connectivity index (χ1v) is 7.12. The fraction of sp³-hybridized carbons (Fsp3) is 0.467. The second-order valence-electron chi connectivity index (χ2n) is 4.78. The van der Waals surface area contributed by atoms with Crippen LogP contribution in [0.1, 0.15) is 43.7 Å². The molecule has 0 saturated carbocycles. The number of nitrogens with one attached hydrogen (secondary N) is 2. The van der Waals surface area contributed by atoms with Crippen molar-refractivity contribution in [1.29, 1.82) is 0 Å². The maximum Gasteiger partial charge on any atom is 0.226 e. The van der Waals surface area contributed by atoms with E-state index in [9.17, 15) is 4.79 Å². The largest absolute Gasteiger partial charge is 0.332 e. The van der Waals surface area contributed by atoms with E-state index in [1.54, 1.807) is 0 Å². The van der Waals surface area contributed by atoms with E-state index < -0.39 is 0 Å². The molecule has 1 amide bonds. The lowest BCUT2D eigenvalue weighted by Crippen LogP contribution is -2.34. The second kappa shape index (κ2) is 7.89. The van der Waals surface area contributed by atoms with E-state index >= 15 is 0 Å². The van der Waals surface area contributed by atoms with Crippen molar-refractivity contribution in [3.63, 3.8) is 0 Å². The Morgan fingerprint density at radius 3 is 2.68 bits per heavy atom. The van der Waals surface area contributed by atoms with Gasteiger partial charge in [-0.05, 0) is 49.7 Å². The van der Waals surface area contributed by atoms with Gasteiger partial charge in [0.15, 0.2) is 5.11 Å². The lowest BCUT2D eigenvalue weighted by molar-refractivity contribution is -0.119. The average Bonchev–Trinajstić information content (AvgIpc) is 2.34. The Hall–Kier alpha value is -1.42. The minimum atomic E-state index is -0.0174. The Kier molecular flexibility index (Phi) is 6.50. The number of hydrogen-bond acceptors (Lipinski definition) is 2. The summed E-state index contributed by atoms with van der Waals surface area (Å²) >= 11 is 5.15. The van der Waals surface area contributed by atoms with Crippen LogP contribution < -0.4 is 10.6 Å². The summed E-state index contributed by atoms with van der Waals surface area (Å²) in [6.07, 6.45) is 3.62. The number of aryl methyl sites for hydroxylation is 2. The van der Waals surface area contributed by atoms with E-state index in [4.69, 9.17) is 12.2 Å². The van der Waals surface area contributed by atoms with Crippen molar-refractivity contribution in [2.24, 2.45) is 0 Å². The van der Waals surface area contributed by atoms with Crippen LogP contribution in [0.2, 0.25) is 0 Å². The molecule has 0 aliphatic rings. The zero-order chi connectivity index (χ0) is 14.3. The van der Waals surface area contributed by atoms with Crippen LogP contribution in [-0.4, -0.2) is 11.0 Å². The summed E-state index contributed by atoms with van der Waals surface area (Å²) in [5.74, 6) is -0.0174. The van der Waals surface area contributed by atoms with Crippen molar-refractivity contribution in [1.82, 2.24) is 5.32 Å². The molecule has 0 saturated heterocycles. The Morgan fingerprint density at radius 2 is 2.00 bits per heavy atom. The van der Waals surface area contributed by atoms with Gasteiger partial charge in [-0.1, -0.05) is 31.9 Å². The quantitative estimate of drug-likeness (QED) is 0.637. The molecule has 0 bridgehead atoms. The van der Waals surface area contributed by atoms with Gasteiger partial charge in [0.1, 0.15) is 0 Å². The molecule has 1 rings (SSSR count). The zero-order valence-corrected chi connectivity index (χ0v) is 12.7. The van der Waals surface area contributed by atoms with E-state index in [0.29, 0.717) is 11.5 Å². The molecule has 1 aromatic carbocycles. The van der Waals surface area contributed by atoms with Crippen LogP contribution in [0.3, 0.4) is 0 Å². The van der Waals surface area contributed by atoms with Gasteiger partial charge in [-0.3, -0.25) is 4.79 Å². The summed E-state index contributed by atoms with van der Waals surface area (Å²) in [5, 5.41) is 6.16. The van der Waals surface area contributed by atoms with Crippen molar-refractivity contribution in [2.75, 3.05) is 5.32 Å². The predicted octanol–water partition coefficient (Wildman–Crippen LogP) is 3.70. The molecule has 0 aromatic heterocycles. The molecule has 3 nitrogen and oxygen atoms in total. The number of benzene rings is 1. The molecule has 0 aliphatic carbocycles. The third-order valence-corrected chi connectivity index (χ3v) is 3.11. The van der Waals surface area contributed by atoms with Crippen molar-refractivity contribution in [3.05, 3.63) is 29.3 Å². The van der Waals surface area contributed by atoms with E-state index in [2.05, 4.69) is 17.6 Å². The molecule has 2 N–H and O–H groups in total. The molecular weight excluding hydrogens is 256 g/mol. The van der Waals surface area contributed by atoms with Gasteiger partial charge in [0.25, 0.3) is 0 Å². The number of anilines is 1. The second-order valence-corrected chi connectivity index (χ2v) is 5.19. The highest BCUT2D eigenvalue weighted by atomic mass is 32.1. The number of amides is 1. The van der Waals surface area contributed by atoms with Gasteiger partial charge in [-0.15, -0.1) is 0 Å². The summed E-state index contributed by atoms with van der Waals surface area (Å²) in [6.45, 7) is 6.15. The first-order valence-electron chi connectivity index (χ1n) is 6.71. The third-order valence-electron chi connectivity index (χ3n) is 2.90. The first kappa shape index (κ1) is 15.6. The van der Waals surface area contributed by atoms with Crippen molar-refractivity contribution in [3.8, 4) is 0 Å². The monoisotopic (exact) mass is 278 g/mol. The fourth-order valence-electron chi connectivity index (χ4n) is 1.75. The Bertz CT molecular complexity index is 457. The van der Waals surface area contributed by atoms with Gasteiger partial charge in [-0.2, -0.15) is 0 Å². The number of carbonyl (C=O) groups is 1. The molecule has 0 atom stereocenters. The van der Waals surface area contributed by atoms with Crippen LogP contribution in [0.15, 0.2) is 18.2 Å². The highest BCUT2D eigenvalue weighted by Gasteiger charge is 2.06. The first-order chi connectivity index (χ1) is 9.02. The van der Waals surface area contributed by atoms with Gasteiger partial charge in [-0.25, -0.2) is 0 Å². The summed E-state index contributed by atoms with van der Waals surface area (Å²) in [4.78, 5) is 11.6. The number of carbonyl (C=O) groups excluding carboxylic acids is 1. The molecule has 104 valence electrons. The standard InChI is InChI=1S/C15H22N2OS/c1-4-5-6-7-14(18)17-15(19)16-13-10-11(2)8-9-12(13)3/h8-10H,4-7H2,1-3H3,(H2,16,17,18,19). The maximum atomic E-state index is 11.6. The summed E-state index contributed by atoms with van der Waals surface area (Å²) in [5.41, 5.74) is 3.21. The van der Waals surface area contributed by atoms with Crippen LogP contribution in [-0.2, 0) is 4.79 Å². The zero-order valence-electron chi connectivity index (χ0n) is 11.9. The lowest BCUT2D eigenvalue weighted by atomic mass is 10.1. The molecule has 1 aromatic rings. The third kappa shape index (κ3) is 5.83. The Morgan fingerprint density at radius 1 is 1.26 bits per heavy atom. The highest BCUT2D eigenvalue weighted by molar-refractivity contribution is 7.80. The molecule has 0 heterocycles. The van der Waals surface area contributed by atoms with Gasteiger partial charge in [0.05, 0.1) is 0 Å². The summed E-state index contributed by atoms with van der Waals surface area (Å²) < 4.78 is 0. The van der Waals surface area contributed by atoms with E-state index in [1.807, 2.05) is 32.0 Å². The molecular formula is C15H22N2OS. The average molecular weight is 278 g/mol. The Balaban J connectivity index is 2.46. The molecule has 0 aliphatic heterocycles. The minimum absolute atomic E-state index is 0.0174. The van der Waals surface area contributed by atoms with Gasteiger partial charge >= 0.3 is 0 Å². The van der Waals surface area contributed by atoms with E-state index in [1.165, 1.54) is 0 Å². The van der Waals surface area contributed by atoms with E-state index in [-0.39, 0.29) is 5.91 Å². The molecule has 4 heteroatoms. The van der Waals surface area contributed by atoms with Crippen LogP contribution in [0.25, 0.3) is 0 Å². The number of unbranched alkanes of at least 4 members (excludes halogenated alkanes) is 2. The number of thiocarbonyl (C=S) groups is 1. The molecule has 0 radical (unpaired) electrons. The van der Waals surface area contributed by atoms with Crippen molar-refractivity contribution in [2.45, 2.75) is 46.5 Å². The van der Waals surface area contributed by atoms with Crippen molar-refractivity contribution >= 4 is 28.9 Å². The summed E-state index contributed by atoms with van der Waals surface area (Å²) in [7, 11) is 0. The van der Waals surface area contributed by atoms with Gasteiger partial charge in [0.2, 0.25) is 5.91 Å². The molecule has 0 fully saturated rings. The highest BCUT2D eigenvalue weighted by Crippen LogP contribution is 2.16. The minimum Gasteiger partial charge on any atom is -0.332 e. The molecule has 0 spiro atoms. The van der Waals surface area contributed by atoms with E-state index in [0.717, 1.165) is 36.1 Å². The SMILES string of the molecule is CCCCCC(=O)NC(=S)Nc1cc(C)ccc1C. The number of hydrogen-bond donors (Lipinski definition) is 2. The Labute approximate surface area is 120 Å². The molecule has 0 unspecified atom stereocenters. The van der Waals surface area contributed by atoms with Gasteiger partial charge in [0, 0.05) is 12.1 Å². The fourth-order valence-corrected chi connectivity index (χ4v) is 1.97. The smallest absolute Gasteiger partial charge is 0.226 e. The van der Waals surface area contributed by atoms with Gasteiger partial charge < -0.3 is 10.6 Å². The summed E-state index contributed by atoms with van der Waals surface area (Å²) in [6, 6.07) is 6.10. The maximum absolute atomic E-state index is 11.6. The van der Waals surface area contributed by atoms with Crippen LogP contribution in [0.4, 0.5) is 5.69 Å². The van der Waals surface area contributed by atoms with Crippen LogP contribution in [0, 0.1) is 13.8 Å². The normalized spacial score (nSPS) is 10.1. The predicted molar refractivity (Wildman–Crippen MR) is 84.4 cm³/mol. The van der Waals surface area contributed by atoms with Crippen LogP contribution in [0.5, 0.6) is 0 Å². The lowest BCUT2D eigenvalue weighted by Gasteiger charge is -2.12. The topological polar surface area (TPSA) is 41.1 Å². The van der Waals surface area contributed by atoms with Crippen molar-refractivity contribution < 1.29 is 4.79 Å². The van der Waals surface area contributed by atoms with Crippen LogP contribution >= 0.6 is 12.2 Å². The number of rotatable bonds is 5. The molecule has 19 heavy (non-hydrogen) atoms.